The van der Waals surface area contributed by atoms with E-state index in [1.54, 1.807) is 0 Å². The van der Waals surface area contributed by atoms with Crippen molar-refractivity contribution in [2.24, 2.45) is 0 Å². The Morgan fingerprint density at radius 1 is 1.08 bits per heavy atom. The molecule has 1 aromatic rings. The van der Waals surface area contributed by atoms with Crippen LogP contribution < -0.4 is 0 Å². The third kappa shape index (κ3) is 1.84. The highest BCUT2D eigenvalue weighted by molar-refractivity contribution is 5.25. The van der Waals surface area contributed by atoms with Crippen LogP contribution >= 0.6 is 0 Å². The molecule has 0 aromatic carbocycles. The molecule has 1 heterocycles. The lowest BCUT2D eigenvalue weighted by Crippen LogP contribution is -1.96. The second-order valence-corrected chi connectivity index (χ2v) is 3.01. The van der Waals surface area contributed by atoms with Crippen molar-refractivity contribution in [3.63, 3.8) is 0 Å². The fourth-order valence-corrected chi connectivity index (χ4v) is 1.41. The number of aromatic nitrogens is 1. The van der Waals surface area contributed by atoms with Crippen LogP contribution in [-0.4, -0.2) is 4.98 Å². The van der Waals surface area contributed by atoms with Gasteiger partial charge in [-0.15, -0.1) is 0 Å². The van der Waals surface area contributed by atoms with Crippen molar-refractivity contribution in [3.8, 4) is 0 Å². The highest BCUT2D eigenvalue weighted by Crippen LogP contribution is 2.10. The van der Waals surface area contributed by atoms with Crippen molar-refractivity contribution in [2.45, 2.75) is 40.0 Å². The molecule has 0 radical (unpaired) electrons. The Morgan fingerprint density at radius 2 is 1.83 bits per heavy atom. The fraction of sp³-hybridized carbons (Fsp3) is 0.545. The van der Waals surface area contributed by atoms with Crippen LogP contribution in [0.25, 0.3) is 0 Å². The molecule has 0 fully saturated rings. The lowest BCUT2D eigenvalue weighted by atomic mass is 10.1. The summed E-state index contributed by atoms with van der Waals surface area (Å²) in [4.78, 5) is 4.44. The Kier molecular flexibility index (Phi) is 3.27. The van der Waals surface area contributed by atoms with Crippen LogP contribution in [0, 0.1) is 0 Å². The van der Waals surface area contributed by atoms with Gasteiger partial charge in [-0.05, 0) is 30.4 Å². The minimum atomic E-state index is 1.05. The van der Waals surface area contributed by atoms with Gasteiger partial charge in [0.1, 0.15) is 0 Å². The van der Waals surface area contributed by atoms with E-state index >= 15 is 0 Å². The average Bonchev–Trinajstić information content (AvgIpc) is 2.16. The first-order chi connectivity index (χ1) is 5.81. The van der Waals surface area contributed by atoms with Crippen LogP contribution in [0.3, 0.4) is 0 Å². The molecule has 0 saturated carbocycles. The topological polar surface area (TPSA) is 12.9 Å². The average molecular weight is 163 g/mol. The lowest BCUT2D eigenvalue weighted by Gasteiger charge is -2.05. The highest BCUT2D eigenvalue weighted by atomic mass is 14.7. The van der Waals surface area contributed by atoms with Crippen LogP contribution in [0.4, 0.5) is 0 Å². The third-order valence-electron chi connectivity index (χ3n) is 2.24. The van der Waals surface area contributed by atoms with Gasteiger partial charge in [0, 0.05) is 11.9 Å². The van der Waals surface area contributed by atoms with E-state index in [9.17, 15) is 0 Å². The largest absolute Gasteiger partial charge is 0.261 e. The normalized spacial score (nSPS) is 10.2. The monoisotopic (exact) mass is 163 g/mol. The van der Waals surface area contributed by atoms with Crippen molar-refractivity contribution in [1.29, 1.82) is 0 Å². The van der Waals surface area contributed by atoms with E-state index in [4.69, 9.17) is 0 Å². The molecule has 1 aromatic heterocycles. The Labute approximate surface area is 74.8 Å². The fourth-order valence-electron chi connectivity index (χ4n) is 1.41. The molecule has 66 valence electrons. The van der Waals surface area contributed by atoms with E-state index < -0.39 is 0 Å². The molecule has 0 spiro atoms. The summed E-state index contributed by atoms with van der Waals surface area (Å²) in [5, 5.41) is 0. The quantitative estimate of drug-likeness (QED) is 0.667. The molecule has 1 rings (SSSR count). The maximum atomic E-state index is 4.44. The SMILES string of the molecule is CCc1cnc(CC)c(CC)c1. The van der Waals surface area contributed by atoms with Crippen molar-refractivity contribution in [2.75, 3.05) is 0 Å². The van der Waals surface area contributed by atoms with Gasteiger partial charge in [-0.2, -0.15) is 0 Å². The second kappa shape index (κ2) is 4.24. The van der Waals surface area contributed by atoms with E-state index in [0.29, 0.717) is 0 Å². The number of nitrogens with zero attached hydrogens (tertiary/aromatic N) is 1. The molecule has 0 aliphatic heterocycles. The van der Waals surface area contributed by atoms with E-state index in [1.165, 1.54) is 16.8 Å². The third-order valence-corrected chi connectivity index (χ3v) is 2.24. The maximum Gasteiger partial charge on any atom is 0.0432 e. The Balaban J connectivity index is 3.02. The van der Waals surface area contributed by atoms with Gasteiger partial charge in [-0.1, -0.05) is 26.8 Å². The number of rotatable bonds is 3. The molecule has 1 heteroatoms. The number of hydrogen-bond acceptors (Lipinski definition) is 1. The van der Waals surface area contributed by atoms with Crippen LogP contribution in [0.5, 0.6) is 0 Å². The van der Waals surface area contributed by atoms with Crippen molar-refractivity contribution >= 4 is 0 Å². The summed E-state index contributed by atoms with van der Waals surface area (Å²) in [7, 11) is 0. The van der Waals surface area contributed by atoms with Crippen molar-refractivity contribution < 1.29 is 0 Å². The lowest BCUT2D eigenvalue weighted by molar-refractivity contribution is 0.942. The van der Waals surface area contributed by atoms with Gasteiger partial charge in [0.2, 0.25) is 0 Å². The zero-order valence-electron chi connectivity index (χ0n) is 8.22. The molecule has 0 amide bonds. The van der Waals surface area contributed by atoms with E-state index in [2.05, 4.69) is 31.8 Å². The van der Waals surface area contributed by atoms with Gasteiger partial charge < -0.3 is 0 Å². The summed E-state index contributed by atoms with van der Waals surface area (Å²) >= 11 is 0. The molecule has 0 N–H and O–H groups in total. The summed E-state index contributed by atoms with van der Waals surface area (Å²) in [6.07, 6.45) is 5.24. The van der Waals surface area contributed by atoms with Gasteiger partial charge in [-0.25, -0.2) is 0 Å². The Hall–Kier alpha value is -0.850. The summed E-state index contributed by atoms with van der Waals surface area (Å²) in [6, 6.07) is 2.28. The van der Waals surface area contributed by atoms with Crippen LogP contribution in [0.1, 0.15) is 37.6 Å². The van der Waals surface area contributed by atoms with Gasteiger partial charge in [0.25, 0.3) is 0 Å². The smallest absolute Gasteiger partial charge is 0.0432 e. The Morgan fingerprint density at radius 3 is 2.33 bits per heavy atom. The predicted molar refractivity (Wildman–Crippen MR) is 52.4 cm³/mol. The van der Waals surface area contributed by atoms with Crippen LogP contribution in [0.15, 0.2) is 12.3 Å². The van der Waals surface area contributed by atoms with Crippen LogP contribution in [0.2, 0.25) is 0 Å². The summed E-state index contributed by atoms with van der Waals surface area (Å²) in [6.45, 7) is 6.52. The minimum absolute atomic E-state index is 1.05. The van der Waals surface area contributed by atoms with Crippen molar-refractivity contribution in [3.05, 3.63) is 29.1 Å². The summed E-state index contributed by atoms with van der Waals surface area (Å²) in [5.74, 6) is 0. The number of aryl methyl sites for hydroxylation is 3. The van der Waals surface area contributed by atoms with Gasteiger partial charge in [0.05, 0.1) is 0 Å². The number of pyridine rings is 1. The van der Waals surface area contributed by atoms with Crippen LogP contribution in [-0.2, 0) is 19.3 Å². The molecule has 1 nitrogen and oxygen atoms in total. The molecular formula is C11H17N. The first kappa shape index (κ1) is 9.24. The molecule has 0 unspecified atom stereocenters. The maximum absolute atomic E-state index is 4.44. The molecule has 0 saturated heterocycles. The molecule has 0 atom stereocenters. The minimum Gasteiger partial charge on any atom is -0.261 e. The van der Waals surface area contributed by atoms with E-state index in [1.807, 2.05) is 6.20 Å². The molecule has 0 bridgehead atoms. The van der Waals surface area contributed by atoms with Gasteiger partial charge in [0.15, 0.2) is 0 Å². The second-order valence-electron chi connectivity index (χ2n) is 3.01. The first-order valence-corrected chi connectivity index (χ1v) is 4.78. The van der Waals surface area contributed by atoms with Crippen molar-refractivity contribution in [1.82, 2.24) is 4.98 Å². The first-order valence-electron chi connectivity index (χ1n) is 4.78. The highest BCUT2D eigenvalue weighted by Gasteiger charge is 2.00. The molecule has 12 heavy (non-hydrogen) atoms. The zero-order chi connectivity index (χ0) is 8.97. The standard InChI is InChI=1S/C11H17N/c1-4-9-7-10(5-2)11(6-3)12-8-9/h7-8H,4-6H2,1-3H3. The molecule has 0 aliphatic carbocycles. The Bertz CT molecular complexity index is 253. The zero-order valence-corrected chi connectivity index (χ0v) is 8.22. The van der Waals surface area contributed by atoms with Gasteiger partial charge in [-0.3, -0.25) is 4.98 Å². The van der Waals surface area contributed by atoms with E-state index in [-0.39, 0.29) is 0 Å². The van der Waals surface area contributed by atoms with Gasteiger partial charge >= 0.3 is 0 Å². The predicted octanol–water partition coefficient (Wildman–Crippen LogP) is 2.77. The molecule has 0 aliphatic rings. The summed E-state index contributed by atoms with van der Waals surface area (Å²) < 4.78 is 0. The van der Waals surface area contributed by atoms with E-state index in [0.717, 1.165) is 19.3 Å². The summed E-state index contributed by atoms with van der Waals surface area (Å²) in [5.41, 5.74) is 4.02. The molecular weight excluding hydrogens is 146 g/mol. The number of hydrogen-bond donors (Lipinski definition) is 0.